The molecule has 3 unspecified atom stereocenters. The number of esters is 1. The Balaban J connectivity index is 1.40. The number of aliphatic carboxylic acids is 1. The molecule has 0 spiro atoms. The van der Waals surface area contributed by atoms with Gasteiger partial charge in [0.25, 0.3) is 0 Å². The summed E-state index contributed by atoms with van der Waals surface area (Å²) in [7, 11) is -3.08. The van der Waals surface area contributed by atoms with Crippen LogP contribution in [0.3, 0.4) is 0 Å². The first-order valence-corrected chi connectivity index (χ1v) is 17.6. The summed E-state index contributed by atoms with van der Waals surface area (Å²) in [5.41, 5.74) is 4.58. The lowest BCUT2D eigenvalue weighted by Gasteiger charge is -2.27. The number of carbonyl (C=O) groups is 2. The van der Waals surface area contributed by atoms with E-state index in [0.29, 0.717) is 16.3 Å². The van der Waals surface area contributed by atoms with Gasteiger partial charge in [-0.15, -0.1) is 0 Å². The van der Waals surface area contributed by atoms with Gasteiger partial charge in [0.1, 0.15) is 29.6 Å². The molecule has 4 aromatic rings. The van der Waals surface area contributed by atoms with Gasteiger partial charge < -0.3 is 39.8 Å². The minimum Gasteiger partial charge on any atom is -0.481 e. The predicted molar refractivity (Wildman–Crippen MR) is 184 cm³/mol. The van der Waals surface area contributed by atoms with Crippen molar-refractivity contribution >= 4 is 47.6 Å². The fraction of sp³-hybridized carbons (Fsp3) is 0.485. The first-order chi connectivity index (χ1) is 23.8. The monoisotopic (exact) mass is 730 g/mol. The Labute approximate surface area is 293 Å². The molecule has 1 fully saturated rings. The zero-order valence-corrected chi connectivity index (χ0v) is 30.2. The molecule has 51 heavy (non-hydrogen) atoms. The van der Waals surface area contributed by atoms with Crippen LogP contribution in [0.15, 0.2) is 42.7 Å². The summed E-state index contributed by atoms with van der Waals surface area (Å²) in [5.74, 6) is -2.32. The number of benzene rings is 2. The Bertz CT molecular complexity index is 1980. The van der Waals surface area contributed by atoms with E-state index in [1.807, 2.05) is 20.8 Å². The average molecular weight is 731 g/mol. The number of fused-ring (bicyclic) bond motifs is 2. The van der Waals surface area contributed by atoms with Crippen molar-refractivity contribution < 1.29 is 52.7 Å². The summed E-state index contributed by atoms with van der Waals surface area (Å²) in [4.78, 5) is 36.8. The predicted octanol–water partition coefficient (Wildman–Crippen LogP) is 3.54. The number of carboxylic acids is 1. The number of imidazole rings is 1. The number of nitrogens with one attached hydrogen (secondary N) is 1. The van der Waals surface area contributed by atoms with E-state index in [0.717, 1.165) is 0 Å². The van der Waals surface area contributed by atoms with Gasteiger partial charge in [-0.25, -0.2) is 9.55 Å². The molecule has 0 saturated carbocycles. The number of nitrogen functional groups attached to an aromatic ring is 1. The van der Waals surface area contributed by atoms with Gasteiger partial charge in [-0.2, -0.15) is 15.1 Å². The van der Waals surface area contributed by atoms with Crippen molar-refractivity contribution in [2.75, 3.05) is 26.1 Å². The molecule has 0 radical (unpaired) electrons. The van der Waals surface area contributed by atoms with Crippen LogP contribution < -0.4 is 20.1 Å². The van der Waals surface area contributed by atoms with Crippen molar-refractivity contribution in [3.8, 4) is 11.6 Å². The van der Waals surface area contributed by atoms with Gasteiger partial charge in [-0.3, -0.25) is 18.7 Å². The number of ether oxygens (including phenoxy) is 3. The third-order valence-electron chi connectivity index (χ3n) is 8.30. The van der Waals surface area contributed by atoms with Crippen LogP contribution in [0.2, 0.25) is 0 Å². The minimum atomic E-state index is -4.46. The van der Waals surface area contributed by atoms with Crippen LogP contribution in [-0.4, -0.2) is 91.0 Å². The lowest BCUT2D eigenvalue weighted by molar-refractivity contribution is -0.148. The zero-order chi connectivity index (χ0) is 37.5. The van der Waals surface area contributed by atoms with Gasteiger partial charge >= 0.3 is 19.7 Å². The van der Waals surface area contributed by atoms with Crippen molar-refractivity contribution in [2.45, 2.75) is 77.5 Å². The highest BCUT2D eigenvalue weighted by molar-refractivity contribution is 7.52. The standard InChI is InChI=1S/C33H43N6O11P/c1-17(28(41)42)19-8-9-21-13-22(11-10-20(21)12-19)50-51(45,38-18(2)29(43)47-15-32(3,4)5)48-14-23-25(40)33(6,44)30(49-23)39-16-35-24-26(39)36-31(34)37-27(24)46-7/h8-13,16-18,23,25,30,40,44H,14-15H2,1-7H3,(H,38,45)(H,41,42)(H2,34,36,37)/t17?,18-,23+,25+,30?,33+,51?/m0/s1. The number of rotatable bonds is 13. The average Bonchev–Trinajstić information content (AvgIpc) is 3.57. The third kappa shape index (κ3) is 8.24. The lowest BCUT2D eigenvalue weighted by Crippen LogP contribution is -2.44. The largest absolute Gasteiger partial charge is 0.481 e. The highest BCUT2D eigenvalue weighted by Gasteiger charge is 2.54. The summed E-state index contributed by atoms with van der Waals surface area (Å²) in [6, 6.07) is 8.72. The molecule has 7 atom stereocenters. The molecule has 3 heterocycles. The van der Waals surface area contributed by atoms with E-state index in [4.69, 9.17) is 29.0 Å². The molecule has 5 rings (SSSR count). The SMILES string of the molecule is COc1nc(N)nc2c1ncn2C1O[C@H](COP(=O)(N[C@@H](C)C(=O)OCC(C)(C)C)Oc2ccc3cc(C(C)C(=O)O)ccc3c2)[C@@H](O)[C@@]1(C)O. The number of anilines is 1. The Hall–Kier alpha value is -4.38. The Morgan fingerprint density at radius 1 is 1.16 bits per heavy atom. The zero-order valence-electron chi connectivity index (χ0n) is 29.3. The van der Waals surface area contributed by atoms with Gasteiger partial charge in [-0.05, 0) is 54.7 Å². The van der Waals surface area contributed by atoms with Crippen LogP contribution >= 0.6 is 7.75 Å². The van der Waals surface area contributed by atoms with Crippen LogP contribution in [0.5, 0.6) is 11.6 Å². The molecule has 1 aliphatic rings. The number of nitrogens with two attached hydrogens (primary N) is 1. The van der Waals surface area contributed by atoms with E-state index < -0.39 is 62.3 Å². The number of aliphatic hydroxyl groups is 2. The number of hydrogen-bond donors (Lipinski definition) is 5. The summed E-state index contributed by atoms with van der Waals surface area (Å²) >= 11 is 0. The van der Waals surface area contributed by atoms with Gasteiger partial charge in [0.15, 0.2) is 17.4 Å². The van der Waals surface area contributed by atoms with Crippen molar-refractivity contribution in [3.63, 3.8) is 0 Å². The van der Waals surface area contributed by atoms with Crippen molar-refractivity contribution in [3.05, 3.63) is 48.3 Å². The molecule has 276 valence electrons. The van der Waals surface area contributed by atoms with Crippen molar-refractivity contribution in [1.29, 1.82) is 0 Å². The van der Waals surface area contributed by atoms with Gasteiger partial charge in [-0.1, -0.05) is 45.0 Å². The number of hydrogen-bond acceptors (Lipinski definition) is 14. The number of aliphatic hydroxyl groups excluding tert-OH is 1. The van der Waals surface area contributed by atoms with E-state index >= 15 is 0 Å². The molecule has 1 aliphatic heterocycles. The highest BCUT2D eigenvalue weighted by atomic mass is 31.2. The maximum absolute atomic E-state index is 14.4. The van der Waals surface area contributed by atoms with Gasteiger partial charge in [0, 0.05) is 0 Å². The number of aromatic nitrogens is 4. The smallest absolute Gasteiger partial charge is 0.459 e. The van der Waals surface area contributed by atoms with Crippen LogP contribution in [0.4, 0.5) is 5.95 Å². The Morgan fingerprint density at radius 3 is 2.51 bits per heavy atom. The topological polar surface area (TPSA) is 240 Å². The maximum atomic E-state index is 14.4. The number of methoxy groups -OCH3 is 1. The molecule has 0 amide bonds. The van der Waals surface area contributed by atoms with Crippen LogP contribution in [0, 0.1) is 5.41 Å². The highest BCUT2D eigenvalue weighted by Crippen LogP contribution is 2.48. The molecule has 0 aliphatic carbocycles. The fourth-order valence-electron chi connectivity index (χ4n) is 5.41. The molecule has 2 aromatic heterocycles. The molecule has 17 nitrogen and oxygen atoms in total. The molecule has 0 bridgehead atoms. The van der Waals surface area contributed by atoms with E-state index in [1.165, 1.54) is 37.9 Å². The molecule has 6 N–H and O–H groups in total. The summed E-state index contributed by atoms with van der Waals surface area (Å²) in [6.45, 7) is 9.56. The van der Waals surface area contributed by atoms with E-state index in [2.05, 4.69) is 20.0 Å². The second kappa shape index (κ2) is 14.3. The number of carboxylic acid groups (broad SMARTS) is 1. The van der Waals surface area contributed by atoms with Crippen LogP contribution in [0.1, 0.15) is 59.3 Å². The van der Waals surface area contributed by atoms with Crippen molar-refractivity contribution in [1.82, 2.24) is 24.6 Å². The molecule has 2 aromatic carbocycles. The second-order valence-corrected chi connectivity index (χ2v) is 15.5. The minimum absolute atomic E-state index is 0.0950. The molecule has 18 heteroatoms. The van der Waals surface area contributed by atoms with Gasteiger partial charge in [0.2, 0.25) is 11.8 Å². The van der Waals surface area contributed by atoms with Gasteiger partial charge in [0.05, 0.1) is 32.6 Å². The van der Waals surface area contributed by atoms with E-state index in [-0.39, 0.29) is 40.8 Å². The first-order valence-electron chi connectivity index (χ1n) is 16.1. The molecule has 1 saturated heterocycles. The number of carbonyl (C=O) groups excluding carboxylic acids is 1. The third-order valence-corrected chi connectivity index (χ3v) is 9.94. The lowest BCUT2D eigenvalue weighted by atomic mass is 9.96. The Morgan fingerprint density at radius 2 is 1.84 bits per heavy atom. The summed E-state index contributed by atoms with van der Waals surface area (Å²) < 4.78 is 44.1. The van der Waals surface area contributed by atoms with Crippen molar-refractivity contribution in [2.24, 2.45) is 5.41 Å². The van der Waals surface area contributed by atoms with E-state index in [1.54, 1.807) is 37.3 Å². The second-order valence-electron chi connectivity index (χ2n) is 13.8. The summed E-state index contributed by atoms with van der Waals surface area (Å²) in [5, 5.41) is 36.0. The normalized spacial score (nSPS) is 23.1. The van der Waals surface area contributed by atoms with E-state index in [9.17, 15) is 29.5 Å². The Kier molecular flexibility index (Phi) is 10.6. The number of nitrogens with zero attached hydrogens (tertiary/aromatic N) is 4. The first kappa shape index (κ1) is 37.9. The molecular formula is C33H43N6O11P. The maximum Gasteiger partial charge on any atom is 0.459 e. The van der Waals surface area contributed by atoms with Crippen LogP contribution in [0.25, 0.3) is 21.9 Å². The molecular weight excluding hydrogens is 687 g/mol. The summed E-state index contributed by atoms with van der Waals surface area (Å²) in [6.07, 6.45) is -2.79. The fourth-order valence-corrected chi connectivity index (χ4v) is 6.91. The van der Waals surface area contributed by atoms with Crippen LogP contribution in [-0.2, 0) is 28.2 Å². The quantitative estimate of drug-likeness (QED) is 0.0976.